The molecule has 1 saturated heterocycles. The van der Waals surface area contributed by atoms with Crippen LogP contribution in [0.15, 0.2) is 30.3 Å². The quantitative estimate of drug-likeness (QED) is 0.217. The Hall–Kier alpha value is -2.98. The fraction of sp³-hybridized carbons (Fsp3) is 0.545. The number of hydrogen-bond donors (Lipinski definition) is 6. The van der Waals surface area contributed by atoms with Crippen LogP contribution in [-0.2, 0) is 25.6 Å². The van der Waals surface area contributed by atoms with Crippen molar-refractivity contribution >= 4 is 23.7 Å². The Morgan fingerprint density at radius 1 is 1.09 bits per heavy atom. The van der Waals surface area contributed by atoms with Crippen LogP contribution in [0.3, 0.4) is 0 Å². The average molecular weight is 448 g/mol. The van der Waals surface area contributed by atoms with Gasteiger partial charge in [-0.05, 0) is 50.8 Å². The molecule has 0 spiro atoms. The zero-order valence-electron chi connectivity index (χ0n) is 18.1. The fourth-order valence-electron chi connectivity index (χ4n) is 3.53. The lowest BCUT2D eigenvalue weighted by Gasteiger charge is -2.21. The molecule has 1 heterocycles. The molecule has 176 valence electrons. The Bertz CT molecular complexity index is 767. The third kappa shape index (κ3) is 8.64. The highest BCUT2D eigenvalue weighted by Crippen LogP contribution is 2.08. The number of carboxylic acids is 1. The van der Waals surface area contributed by atoms with Gasteiger partial charge >= 0.3 is 5.97 Å². The van der Waals surface area contributed by atoms with Gasteiger partial charge in [-0.1, -0.05) is 30.3 Å². The highest BCUT2D eigenvalue weighted by molar-refractivity contribution is 5.92. The standard InChI is InChI=1S/C22H33N5O5/c23-11-5-4-9-17(22(31)32)26-19(28)14-25-20(29)18(13-15-7-2-1-3-8-15)27-21(30)16-10-6-12-24-16/h1-3,7-8,16-18,24H,4-6,9-14,23H2,(H,25,29)(H,26,28)(H,27,30)(H,31,32)/t16-,17-,18-/m0/s1. The highest BCUT2D eigenvalue weighted by atomic mass is 16.4. The first-order chi connectivity index (χ1) is 15.4. The molecule has 0 unspecified atom stereocenters. The van der Waals surface area contributed by atoms with Gasteiger partial charge in [0.25, 0.3) is 0 Å². The number of carboxylic acid groups (broad SMARTS) is 1. The summed E-state index contributed by atoms with van der Waals surface area (Å²) < 4.78 is 0. The average Bonchev–Trinajstić information content (AvgIpc) is 3.32. The van der Waals surface area contributed by atoms with E-state index in [1.807, 2.05) is 30.3 Å². The second-order valence-electron chi connectivity index (χ2n) is 7.86. The van der Waals surface area contributed by atoms with Crippen molar-refractivity contribution in [1.82, 2.24) is 21.3 Å². The van der Waals surface area contributed by atoms with Gasteiger partial charge in [0, 0.05) is 6.42 Å². The molecule has 0 saturated carbocycles. The zero-order valence-corrected chi connectivity index (χ0v) is 18.1. The van der Waals surface area contributed by atoms with Gasteiger partial charge in [0.15, 0.2) is 0 Å². The first-order valence-electron chi connectivity index (χ1n) is 11.0. The molecular formula is C22H33N5O5. The lowest BCUT2D eigenvalue weighted by Crippen LogP contribution is -2.54. The number of benzene rings is 1. The molecule has 3 amide bonds. The molecule has 32 heavy (non-hydrogen) atoms. The molecule has 1 aromatic rings. The smallest absolute Gasteiger partial charge is 0.326 e. The molecule has 1 aromatic carbocycles. The summed E-state index contributed by atoms with van der Waals surface area (Å²) >= 11 is 0. The summed E-state index contributed by atoms with van der Waals surface area (Å²) in [5.74, 6) is -2.51. The second-order valence-corrected chi connectivity index (χ2v) is 7.86. The molecular weight excluding hydrogens is 414 g/mol. The summed E-state index contributed by atoms with van der Waals surface area (Å²) in [5.41, 5.74) is 6.28. The lowest BCUT2D eigenvalue weighted by atomic mass is 10.0. The Morgan fingerprint density at radius 2 is 1.84 bits per heavy atom. The van der Waals surface area contributed by atoms with Gasteiger partial charge in [0.1, 0.15) is 12.1 Å². The van der Waals surface area contributed by atoms with Crippen LogP contribution in [0.2, 0.25) is 0 Å². The van der Waals surface area contributed by atoms with Crippen molar-refractivity contribution in [3.05, 3.63) is 35.9 Å². The van der Waals surface area contributed by atoms with Gasteiger partial charge in [0.2, 0.25) is 17.7 Å². The minimum atomic E-state index is -1.14. The molecule has 0 aliphatic carbocycles. The van der Waals surface area contributed by atoms with Crippen LogP contribution in [0.5, 0.6) is 0 Å². The summed E-state index contributed by atoms with van der Waals surface area (Å²) in [6.07, 6.45) is 3.35. The van der Waals surface area contributed by atoms with Crippen LogP contribution < -0.4 is 27.0 Å². The summed E-state index contributed by atoms with van der Waals surface area (Å²) in [7, 11) is 0. The summed E-state index contributed by atoms with van der Waals surface area (Å²) in [4.78, 5) is 48.8. The Balaban J connectivity index is 1.93. The number of aliphatic carboxylic acids is 1. The van der Waals surface area contributed by atoms with Crippen molar-refractivity contribution in [2.75, 3.05) is 19.6 Å². The monoisotopic (exact) mass is 447 g/mol. The van der Waals surface area contributed by atoms with Gasteiger partial charge in [-0.3, -0.25) is 14.4 Å². The lowest BCUT2D eigenvalue weighted by molar-refractivity contribution is -0.142. The van der Waals surface area contributed by atoms with Gasteiger partial charge < -0.3 is 32.1 Å². The normalized spacial score (nSPS) is 17.2. The number of nitrogens with two attached hydrogens (primary N) is 1. The second kappa shape index (κ2) is 13.4. The SMILES string of the molecule is NCCCC[C@H](NC(=O)CNC(=O)[C@H](Cc1ccccc1)NC(=O)[C@@H]1CCCN1)C(=O)O. The maximum absolute atomic E-state index is 12.8. The van der Waals surface area contributed by atoms with E-state index >= 15 is 0 Å². The molecule has 10 nitrogen and oxygen atoms in total. The Kier molecular flexibility index (Phi) is 10.6. The van der Waals surface area contributed by atoms with E-state index in [1.165, 1.54) is 0 Å². The van der Waals surface area contributed by atoms with Crippen molar-refractivity contribution in [3.8, 4) is 0 Å². The van der Waals surface area contributed by atoms with Gasteiger partial charge in [0.05, 0.1) is 12.6 Å². The van der Waals surface area contributed by atoms with E-state index in [9.17, 15) is 24.3 Å². The maximum atomic E-state index is 12.8. The molecule has 2 rings (SSSR count). The van der Waals surface area contributed by atoms with Crippen molar-refractivity contribution in [2.45, 2.75) is 56.7 Å². The molecule has 0 bridgehead atoms. The van der Waals surface area contributed by atoms with Crippen LogP contribution in [-0.4, -0.2) is 66.6 Å². The molecule has 7 N–H and O–H groups in total. The van der Waals surface area contributed by atoms with E-state index in [0.29, 0.717) is 25.8 Å². The molecule has 10 heteroatoms. The van der Waals surface area contributed by atoms with Crippen LogP contribution in [0.1, 0.15) is 37.7 Å². The number of amides is 3. The predicted octanol–water partition coefficient (Wildman–Crippen LogP) is -0.719. The van der Waals surface area contributed by atoms with Crippen LogP contribution >= 0.6 is 0 Å². The largest absolute Gasteiger partial charge is 0.480 e. The van der Waals surface area contributed by atoms with E-state index in [2.05, 4.69) is 21.3 Å². The molecule has 0 radical (unpaired) electrons. The number of unbranched alkanes of at least 4 members (excludes halogenated alkanes) is 1. The fourth-order valence-corrected chi connectivity index (χ4v) is 3.53. The maximum Gasteiger partial charge on any atom is 0.326 e. The van der Waals surface area contributed by atoms with Gasteiger partial charge in [-0.2, -0.15) is 0 Å². The van der Waals surface area contributed by atoms with Crippen LogP contribution in [0.4, 0.5) is 0 Å². The van der Waals surface area contributed by atoms with E-state index < -0.39 is 29.9 Å². The number of carbonyl (C=O) groups is 4. The molecule has 1 aliphatic rings. The summed E-state index contributed by atoms with van der Waals surface area (Å²) in [6, 6.07) is 7.01. The third-order valence-electron chi connectivity index (χ3n) is 5.30. The molecule has 0 aromatic heterocycles. The number of hydrogen-bond acceptors (Lipinski definition) is 6. The molecule has 1 fully saturated rings. The van der Waals surface area contributed by atoms with Crippen molar-refractivity contribution in [3.63, 3.8) is 0 Å². The van der Waals surface area contributed by atoms with Gasteiger partial charge in [-0.15, -0.1) is 0 Å². The number of nitrogens with one attached hydrogen (secondary N) is 4. The minimum absolute atomic E-state index is 0.256. The van der Waals surface area contributed by atoms with Crippen molar-refractivity contribution < 1.29 is 24.3 Å². The van der Waals surface area contributed by atoms with Crippen LogP contribution in [0, 0.1) is 0 Å². The third-order valence-corrected chi connectivity index (χ3v) is 5.30. The summed E-state index contributed by atoms with van der Waals surface area (Å²) in [5, 5.41) is 20.1. The van der Waals surface area contributed by atoms with Crippen molar-refractivity contribution in [2.24, 2.45) is 5.73 Å². The van der Waals surface area contributed by atoms with E-state index in [1.54, 1.807) is 0 Å². The number of rotatable bonds is 13. The Morgan fingerprint density at radius 3 is 2.47 bits per heavy atom. The van der Waals surface area contributed by atoms with E-state index in [4.69, 9.17) is 5.73 Å². The Labute approximate surface area is 187 Å². The minimum Gasteiger partial charge on any atom is -0.480 e. The topological polar surface area (TPSA) is 163 Å². The van der Waals surface area contributed by atoms with Crippen LogP contribution in [0.25, 0.3) is 0 Å². The molecule has 3 atom stereocenters. The van der Waals surface area contributed by atoms with Gasteiger partial charge in [-0.25, -0.2) is 4.79 Å². The van der Waals surface area contributed by atoms with E-state index in [0.717, 1.165) is 18.5 Å². The molecule has 1 aliphatic heterocycles. The first-order valence-corrected chi connectivity index (χ1v) is 11.0. The van der Waals surface area contributed by atoms with Crippen molar-refractivity contribution in [1.29, 1.82) is 0 Å². The first kappa shape index (κ1) is 25.3. The number of carbonyl (C=O) groups excluding carboxylic acids is 3. The predicted molar refractivity (Wildman–Crippen MR) is 119 cm³/mol. The summed E-state index contributed by atoms with van der Waals surface area (Å²) in [6.45, 7) is 0.813. The zero-order chi connectivity index (χ0) is 23.3. The van der Waals surface area contributed by atoms with E-state index in [-0.39, 0.29) is 31.3 Å². The highest BCUT2D eigenvalue weighted by Gasteiger charge is 2.28.